The first-order chi connectivity index (χ1) is 12.3. The zero-order valence-electron chi connectivity index (χ0n) is 17.6. The first-order valence-corrected chi connectivity index (χ1v) is 9.82. The number of aliphatic hydroxyl groups excluding tert-OH is 2. The van der Waals surface area contributed by atoms with E-state index in [4.69, 9.17) is 9.84 Å². The van der Waals surface area contributed by atoms with Crippen molar-refractivity contribution in [1.82, 2.24) is 0 Å². The molecule has 3 nitrogen and oxygen atoms in total. The smallest absolute Gasteiger partial charge is 0.100 e. The Bertz CT molecular complexity index is 480. The van der Waals surface area contributed by atoms with Crippen LogP contribution in [-0.4, -0.2) is 36.1 Å². The minimum Gasteiger partial charge on any atom is -0.394 e. The van der Waals surface area contributed by atoms with Crippen LogP contribution in [0, 0.1) is 0 Å². The molecule has 0 aromatic rings. The molecule has 0 heterocycles. The highest BCUT2D eigenvalue weighted by Crippen LogP contribution is 2.13. The molecule has 0 aromatic carbocycles. The molecular formula is C23H40O3. The topological polar surface area (TPSA) is 49.7 Å². The fourth-order valence-corrected chi connectivity index (χ4v) is 2.45. The van der Waals surface area contributed by atoms with Crippen molar-refractivity contribution < 1.29 is 14.9 Å². The number of allylic oxidation sites excluding steroid dienone is 7. The number of rotatable bonds is 14. The Hall–Kier alpha value is -1.16. The highest BCUT2D eigenvalue weighted by atomic mass is 16.5. The average molecular weight is 365 g/mol. The SMILES string of the molecule is CC(C)=CCCC(C)=CCCC(C)=CCCC(C)=CCOCC(O)CO. The van der Waals surface area contributed by atoms with Crippen LogP contribution in [0.1, 0.15) is 73.1 Å². The molecule has 1 unspecified atom stereocenters. The van der Waals surface area contributed by atoms with E-state index in [1.54, 1.807) is 0 Å². The van der Waals surface area contributed by atoms with Gasteiger partial charge in [-0.05, 0) is 73.1 Å². The predicted molar refractivity (Wildman–Crippen MR) is 112 cm³/mol. The van der Waals surface area contributed by atoms with E-state index in [1.165, 1.54) is 22.3 Å². The number of aliphatic hydroxyl groups is 2. The van der Waals surface area contributed by atoms with Crippen LogP contribution in [0.15, 0.2) is 46.6 Å². The molecule has 0 bridgehead atoms. The lowest BCUT2D eigenvalue weighted by Crippen LogP contribution is -2.19. The van der Waals surface area contributed by atoms with Crippen molar-refractivity contribution in [3.63, 3.8) is 0 Å². The first-order valence-electron chi connectivity index (χ1n) is 9.82. The fraction of sp³-hybridized carbons (Fsp3) is 0.652. The zero-order valence-corrected chi connectivity index (χ0v) is 17.6. The number of ether oxygens (including phenoxy) is 1. The van der Waals surface area contributed by atoms with Gasteiger partial charge in [0.2, 0.25) is 0 Å². The summed E-state index contributed by atoms with van der Waals surface area (Å²) in [5, 5.41) is 17.9. The Morgan fingerprint density at radius 2 is 1.23 bits per heavy atom. The highest BCUT2D eigenvalue weighted by Gasteiger charge is 2.00. The lowest BCUT2D eigenvalue weighted by molar-refractivity contribution is 0.0148. The van der Waals surface area contributed by atoms with Crippen LogP contribution in [0.25, 0.3) is 0 Å². The lowest BCUT2D eigenvalue weighted by Gasteiger charge is -2.06. The third-order valence-corrected chi connectivity index (χ3v) is 4.22. The Morgan fingerprint density at radius 1 is 0.769 bits per heavy atom. The molecule has 0 aromatic heterocycles. The van der Waals surface area contributed by atoms with Crippen LogP contribution in [0.3, 0.4) is 0 Å². The Balaban J connectivity index is 3.94. The standard InChI is InChI=1S/C23H40O3/c1-19(2)9-6-10-20(3)11-7-12-21(4)13-8-14-22(5)15-16-26-18-23(25)17-24/h9,11,13,15,23-25H,6-8,10,12,14,16-18H2,1-5H3. The highest BCUT2D eigenvalue weighted by molar-refractivity contribution is 5.07. The van der Waals surface area contributed by atoms with E-state index in [2.05, 4.69) is 52.8 Å². The summed E-state index contributed by atoms with van der Waals surface area (Å²) in [7, 11) is 0. The van der Waals surface area contributed by atoms with E-state index in [9.17, 15) is 5.11 Å². The van der Waals surface area contributed by atoms with Gasteiger partial charge in [0.15, 0.2) is 0 Å². The Labute approximate surface area is 161 Å². The maximum absolute atomic E-state index is 9.19. The van der Waals surface area contributed by atoms with Gasteiger partial charge >= 0.3 is 0 Å². The summed E-state index contributed by atoms with van der Waals surface area (Å²) in [6.45, 7) is 11.3. The van der Waals surface area contributed by atoms with Gasteiger partial charge < -0.3 is 14.9 Å². The van der Waals surface area contributed by atoms with E-state index in [1.807, 2.05) is 6.08 Å². The summed E-state index contributed by atoms with van der Waals surface area (Å²) >= 11 is 0. The molecule has 26 heavy (non-hydrogen) atoms. The van der Waals surface area contributed by atoms with Crippen LogP contribution in [0.5, 0.6) is 0 Å². The summed E-state index contributed by atoms with van der Waals surface area (Å²) in [5.74, 6) is 0. The van der Waals surface area contributed by atoms with Crippen LogP contribution < -0.4 is 0 Å². The van der Waals surface area contributed by atoms with E-state index >= 15 is 0 Å². The van der Waals surface area contributed by atoms with E-state index in [-0.39, 0.29) is 13.2 Å². The van der Waals surface area contributed by atoms with Crippen molar-refractivity contribution in [2.75, 3.05) is 19.8 Å². The molecular weight excluding hydrogens is 324 g/mol. The Morgan fingerprint density at radius 3 is 1.69 bits per heavy atom. The third-order valence-electron chi connectivity index (χ3n) is 4.22. The van der Waals surface area contributed by atoms with Crippen molar-refractivity contribution >= 4 is 0 Å². The van der Waals surface area contributed by atoms with Crippen LogP contribution >= 0.6 is 0 Å². The number of hydrogen-bond donors (Lipinski definition) is 2. The molecule has 0 radical (unpaired) electrons. The molecule has 1 atom stereocenters. The van der Waals surface area contributed by atoms with Gasteiger partial charge in [-0.3, -0.25) is 0 Å². The van der Waals surface area contributed by atoms with E-state index in [0.717, 1.165) is 38.5 Å². The van der Waals surface area contributed by atoms with Gasteiger partial charge in [0.1, 0.15) is 6.10 Å². The molecule has 0 amide bonds. The summed E-state index contributed by atoms with van der Waals surface area (Å²) in [4.78, 5) is 0. The second-order valence-electron chi connectivity index (χ2n) is 7.42. The molecule has 150 valence electrons. The Kier molecular flexibility index (Phi) is 15.3. The predicted octanol–water partition coefficient (Wildman–Crippen LogP) is 5.50. The maximum atomic E-state index is 9.19. The number of hydrogen-bond acceptors (Lipinski definition) is 3. The molecule has 0 aliphatic carbocycles. The lowest BCUT2D eigenvalue weighted by atomic mass is 10.0. The third kappa shape index (κ3) is 16.3. The molecule has 0 spiro atoms. The van der Waals surface area contributed by atoms with Crippen molar-refractivity contribution in [3.8, 4) is 0 Å². The molecule has 2 N–H and O–H groups in total. The van der Waals surface area contributed by atoms with Gasteiger partial charge in [-0.1, -0.05) is 46.6 Å². The summed E-state index contributed by atoms with van der Waals surface area (Å²) in [6, 6.07) is 0. The minimum absolute atomic E-state index is 0.181. The summed E-state index contributed by atoms with van der Waals surface area (Å²) in [5.41, 5.74) is 5.63. The maximum Gasteiger partial charge on any atom is 0.100 e. The largest absolute Gasteiger partial charge is 0.394 e. The average Bonchev–Trinajstić information content (AvgIpc) is 2.58. The van der Waals surface area contributed by atoms with Gasteiger partial charge in [-0.2, -0.15) is 0 Å². The first kappa shape index (κ1) is 24.8. The van der Waals surface area contributed by atoms with Gasteiger partial charge in [-0.15, -0.1) is 0 Å². The monoisotopic (exact) mass is 364 g/mol. The van der Waals surface area contributed by atoms with Crippen molar-refractivity contribution in [2.45, 2.75) is 79.2 Å². The van der Waals surface area contributed by atoms with Gasteiger partial charge in [0, 0.05) is 0 Å². The molecule has 3 heteroatoms. The quantitative estimate of drug-likeness (QED) is 0.316. The zero-order chi connectivity index (χ0) is 19.8. The van der Waals surface area contributed by atoms with Gasteiger partial charge in [0.05, 0.1) is 19.8 Å². The second kappa shape index (κ2) is 16.0. The van der Waals surface area contributed by atoms with Gasteiger partial charge in [-0.25, -0.2) is 0 Å². The van der Waals surface area contributed by atoms with Crippen LogP contribution in [0.4, 0.5) is 0 Å². The summed E-state index contributed by atoms with van der Waals surface area (Å²) in [6.07, 6.45) is 14.9. The molecule has 0 saturated carbocycles. The second-order valence-corrected chi connectivity index (χ2v) is 7.42. The van der Waals surface area contributed by atoms with Crippen LogP contribution in [-0.2, 0) is 4.74 Å². The molecule has 0 saturated heterocycles. The van der Waals surface area contributed by atoms with E-state index in [0.29, 0.717) is 6.61 Å². The molecule has 0 fully saturated rings. The van der Waals surface area contributed by atoms with Crippen molar-refractivity contribution in [3.05, 3.63) is 46.6 Å². The van der Waals surface area contributed by atoms with Gasteiger partial charge in [0.25, 0.3) is 0 Å². The molecule has 0 aliphatic heterocycles. The van der Waals surface area contributed by atoms with E-state index < -0.39 is 6.10 Å². The molecule has 0 rings (SSSR count). The van der Waals surface area contributed by atoms with Crippen molar-refractivity contribution in [1.29, 1.82) is 0 Å². The molecule has 0 aliphatic rings. The van der Waals surface area contributed by atoms with Crippen molar-refractivity contribution in [2.24, 2.45) is 0 Å². The fourth-order valence-electron chi connectivity index (χ4n) is 2.45. The van der Waals surface area contributed by atoms with Crippen LogP contribution in [0.2, 0.25) is 0 Å². The normalized spacial score (nSPS) is 14.5. The summed E-state index contributed by atoms with van der Waals surface area (Å²) < 4.78 is 5.29. The minimum atomic E-state index is -0.779.